The molecule has 2 aromatic heterocycles. The molecule has 24 heavy (non-hydrogen) atoms. The van der Waals surface area contributed by atoms with Crippen LogP contribution in [0, 0.1) is 0 Å². The van der Waals surface area contributed by atoms with Crippen molar-refractivity contribution in [3.05, 3.63) is 47.2 Å². The Labute approximate surface area is 144 Å². The standard InChI is InChI=1S/C17H17N3O3S/c1-21-13-8-11(9-14(22-2)15(13)23-3)7-12-10-24-17(20-12)16-18-5-4-6-19-16/h4-6,8-10H,7H2,1-3H3. The molecule has 0 spiro atoms. The predicted molar refractivity (Wildman–Crippen MR) is 92.0 cm³/mol. The lowest BCUT2D eigenvalue weighted by atomic mass is 10.1. The van der Waals surface area contributed by atoms with Crippen molar-refractivity contribution >= 4 is 11.3 Å². The summed E-state index contributed by atoms with van der Waals surface area (Å²) in [7, 11) is 4.80. The van der Waals surface area contributed by atoms with Crippen LogP contribution in [0.15, 0.2) is 36.0 Å². The second kappa shape index (κ2) is 7.27. The SMILES string of the molecule is COc1cc(Cc2csc(-c3ncccn3)n2)cc(OC)c1OC. The fourth-order valence-electron chi connectivity index (χ4n) is 2.35. The molecule has 7 heteroatoms. The van der Waals surface area contributed by atoms with E-state index in [0.29, 0.717) is 29.5 Å². The highest BCUT2D eigenvalue weighted by Crippen LogP contribution is 2.38. The lowest BCUT2D eigenvalue weighted by Gasteiger charge is -2.13. The normalized spacial score (nSPS) is 10.5. The number of ether oxygens (including phenoxy) is 3. The zero-order chi connectivity index (χ0) is 16.9. The van der Waals surface area contributed by atoms with Gasteiger partial charge in [-0.2, -0.15) is 0 Å². The number of hydrogen-bond acceptors (Lipinski definition) is 7. The van der Waals surface area contributed by atoms with Crippen LogP contribution in [-0.2, 0) is 6.42 Å². The van der Waals surface area contributed by atoms with E-state index in [1.807, 2.05) is 17.5 Å². The highest BCUT2D eigenvalue weighted by Gasteiger charge is 2.14. The molecule has 124 valence electrons. The Morgan fingerprint density at radius 1 is 0.958 bits per heavy atom. The van der Waals surface area contributed by atoms with Gasteiger partial charge in [-0.05, 0) is 23.8 Å². The Bertz CT molecular complexity index is 796. The van der Waals surface area contributed by atoms with Gasteiger partial charge in [0.15, 0.2) is 22.3 Å². The minimum absolute atomic E-state index is 0.584. The Balaban J connectivity index is 1.88. The second-order valence-corrected chi connectivity index (χ2v) is 5.78. The first-order valence-corrected chi connectivity index (χ1v) is 8.13. The molecule has 0 unspecified atom stereocenters. The van der Waals surface area contributed by atoms with Crippen molar-refractivity contribution in [2.75, 3.05) is 21.3 Å². The predicted octanol–water partition coefficient (Wildman–Crippen LogP) is 3.22. The summed E-state index contributed by atoms with van der Waals surface area (Å²) in [5.74, 6) is 2.49. The van der Waals surface area contributed by atoms with Gasteiger partial charge < -0.3 is 14.2 Å². The van der Waals surface area contributed by atoms with E-state index < -0.39 is 0 Å². The van der Waals surface area contributed by atoms with E-state index in [-0.39, 0.29) is 0 Å². The van der Waals surface area contributed by atoms with Crippen molar-refractivity contribution < 1.29 is 14.2 Å². The molecule has 0 N–H and O–H groups in total. The molecule has 0 saturated carbocycles. The number of rotatable bonds is 6. The second-order valence-electron chi connectivity index (χ2n) is 4.93. The molecule has 0 fully saturated rings. The summed E-state index contributed by atoms with van der Waals surface area (Å²) >= 11 is 1.53. The zero-order valence-corrected chi connectivity index (χ0v) is 14.5. The van der Waals surface area contributed by atoms with Crippen LogP contribution in [0.3, 0.4) is 0 Å². The van der Waals surface area contributed by atoms with Crippen molar-refractivity contribution in [2.24, 2.45) is 0 Å². The molecule has 0 amide bonds. The van der Waals surface area contributed by atoms with Gasteiger partial charge in [-0.3, -0.25) is 0 Å². The third kappa shape index (κ3) is 3.30. The maximum atomic E-state index is 5.39. The summed E-state index contributed by atoms with van der Waals surface area (Å²) in [6.45, 7) is 0. The van der Waals surface area contributed by atoms with Gasteiger partial charge in [0.25, 0.3) is 0 Å². The highest BCUT2D eigenvalue weighted by molar-refractivity contribution is 7.13. The minimum atomic E-state index is 0.584. The van der Waals surface area contributed by atoms with Gasteiger partial charge in [-0.25, -0.2) is 15.0 Å². The number of nitrogens with zero attached hydrogens (tertiary/aromatic N) is 3. The fraction of sp³-hybridized carbons (Fsp3) is 0.235. The number of aromatic nitrogens is 3. The topological polar surface area (TPSA) is 66.4 Å². The quantitative estimate of drug-likeness (QED) is 0.685. The average Bonchev–Trinajstić information content (AvgIpc) is 3.10. The summed E-state index contributed by atoms with van der Waals surface area (Å²) in [5, 5.41) is 2.81. The summed E-state index contributed by atoms with van der Waals surface area (Å²) in [4.78, 5) is 13.1. The fourth-order valence-corrected chi connectivity index (χ4v) is 3.11. The van der Waals surface area contributed by atoms with Gasteiger partial charge in [0.05, 0.1) is 27.0 Å². The van der Waals surface area contributed by atoms with Crippen LogP contribution in [0.25, 0.3) is 10.8 Å². The van der Waals surface area contributed by atoms with E-state index in [2.05, 4.69) is 15.0 Å². The van der Waals surface area contributed by atoms with Gasteiger partial charge in [-0.1, -0.05) is 0 Å². The minimum Gasteiger partial charge on any atom is -0.493 e. The monoisotopic (exact) mass is 343 g/mol. The molecule has 0 radical (unpaired) electrons. The molecule has 6 nitrogen and oxygen atoms in total. The molecular weight excluding hydrogens is 326 g/mol. The van der Waals surface area contributed by atoms with Crippen molar-refractivity contribution in [3.8, 4) is 28.1 Å². The van der Waals surface area contributed by atoms with Crippen LogP contribution >= 0.6 is 11.3 Å². The largest absolute Gasteiger partial charge is 0.493 e. The number of thiazole rings is 1. The number of benzene rings is 1. The van der Waals surface area contributed by atoms with E-state index >= 15 is 0 Å². The van der Waals surface area contributed by atoms with Gasteiger partial charge in [0.1, 0.15) is 0 Å². The lowest BCUT2D eigenvalue weighted by Crippen LogP contribution is -1.98. The van der Waals surface area contributed by atoms with Gasteiger partial charge >= 0.3 is 0 Å². The first-order chi connectivity index (χ1) is 11.7. The van der Waals surface area contributed by atoms with E-state index in [1.54, 1.807) is 39.8 Å². The van der Waals surface area contributed by atoms with Crippen LogP contribution < -0.4 is 14.2 Å². The smallest absolute Gasteiger partial charge is 0.203 e. The van der Waals surface area contributed by atoms with Crippen LogP contribution in [0.5, 0.6) is 17.2 Å². The third-order valence-corrected chi connectivity index (χ3v) is 4.31. The Hall–Kier alpha value is -2.67. The van der Waals surface area contributed by atoms with Gasteiger partial charge in [-0.15, -0.1) is 11.3 Å². The van der Waals surface area contributed by atoms with Gasteiger partial charge in [0, 0.05) is 24.2 Å². The Morgan fingerprint density at radius 2 is 1.62 bits per heavy atom. The zero-order valence-electron chi connectivity index (χ0n) is 13.6. The molecule has 3 rings (SSSR count). The average molecular weight is 343 g/mol. The van der Waals surface area contributed by atoms with Crippen molar-refractivity contribution in [1.29, 1.82) is 0 Å². The van der Waals surface area contributed by atoms with E-state index in [4.69, 9.17) is 14.2 Å². The van der Waals surface area contributed by atoms with Crippen molar-refractivity contribution in [3.63, 3.8) is 0 Å². The van der Waals surface area contributed by atoms with Crippen molar-refractivity contribution in [1.82, 2.24) is 15.0 Å². The van der Waals surface area contributed by atoms with Gasteiger partial charge in [0.2, 0.25) is 5.75 Å². The number of hydrogen-bond donors (Lipinski definition) is 0. The van der Waals surface area contributed by atoms with Crippen LogP contribution in [-0.4, -0.2) is 36.3 Å². The maximum Gasteiger partial charge on any atom is 0.203 e. The molecule has 0 aliphatic carbocycles. The van der Waals surface area contributed by atoms with E-state index in [1.165, 1.54) is 11.3 Å². The summed E-state index contributed by atoms with van der Waals surface area (Å²) in [6.07, 6.45) is 4.07. The maximum absolute atomic E-state index is 5.39. The first kappa shape index (κ1) is 16.2. The summed E-state index contributed by atoms with van der Waals surface area (Å²) in [5.41, 5.74) is 1.96. The van der Waals surface area contributed by atoms with Crippen LogP contribution in [0.4, 0.5) is 0 Å². The molecule has 0 bridgehead atoms. The molecule has 0 aliphatic rings. The third-order valence-electron chi connectivity index (χ3n) is 3.42. The lowest BCUT2D eigenvalue weighted by molar-refractivity contribution is 0.324. The molecule has 0 saturated heterocycles. The molecule has 3 aromatic rings. The highest BCUT2D eigenvalue weighted by atomic mass is 32.1. The Morgan fingerprint density at radius 3 is 2.21 bits per heavy atom. The van der Waals surface area contributed by atoms with E-state index in [9.17, 15) is 0 Å². The van der Waals surface area contributed by atoms with Crippen molar-refractivity contribution in [2.45, 2.75) is 6.42 Å². The van der Waals surface area contributed by atoms with Crippen LogP contribution in [0.2, 0.25) is 0 Å². The van der Waals surface area contributed by atoms with E-state index in [0.717, 1.165) is 16.3 Å². The molecule has 0 aliphatic heterocycles. The van der Waals surface area contributed by atoms with Crippen LogP contribution in [0.1, 0.15) is 11.3 Å². The molecular formula is C17H17N3O3S. The summed E-state index contributed by atoms with van der Waals surface area (Å²) in [6, 6.07) is 5.65. The molecule has 0 atom stereocenters. The molecule has 2 heterocycles. The molecule has 1 aromatic carbocycles. The number of methoxy groups -OCH3 is 3. The first-order valence-electron chi connectivity index (χ1n) is 7.25. The summed E-state index contributed by atoms with van der Waals surface area (Å²) < 4.78 is 16.1. The Kier molecular flexibility index (Phi) is 4.90.